The van der Waals surface area contributed by atoms with Crippen LogP contribution in [0.1, 0.15) is 39.7 Å². The number of benzene rings is 1. The molecule has 0 fully saturated rings. The smallest absolute Gasteiger partial charge is 0.264 e. The van der Waals surface area contributed by atoms with Gasteiger partial charge in [-0.05, 0) is 58.4 Å². The van der Waals surface area contributed by atoms with Gasteiger partial charge < -0.3 is 0 Å². The Hall–Kier alpha value is -2.21. The van der Waals surface area contributed by atoms with E-state index in [2.05, 4.69) is 0 Å². The number of nitrogens with zero attached hydrogens (tertiary/aromatic N) is 1. The summed E-state index contributed by atoms with van der Waals surface area (Å²) in [5, 5.41) is 0. The summed E-state index contributed by atoms with van der Waals surface area (Å²) in [7, 11) is -3.84. The third kappa shape index (κ3) is 3.74. The van der Waals surface area contributed by atoms with Crippen molar-refractivity contribution in [1.29, 1.82) is 0 Å². The van der Waals surface area contributed by atoms with Crippen molar-refractivity contribution < 1.29 is 18.0 Å². The van der Waals surface area contributed by atoms with E-state index < -0.39 is 16.1 Å². The Morgan fingerprint density at radius 1 is 1.04 bits per heavy atom. The van der Waals surface area contributed by atoms with Crippen LogP contribution < -0.4 is 0 Å². The van der Waals surface area contributed by atoms with Crippen LogP contribution in [0.15, 0.2) is 52.1 Å². The lowest BCUT2D eigenvalue weighted by Crippen LogP contribution is -2.43. The largest absolute Gasteiger partial charge is 0.300 e. The van der Waals surface area contributed by atoms with E-state index in [4.69, 9.17) is 0 Å². The van der Waals surface area contributed by atoms with Crippen molar-refractivity contribution >= 4 is 21.6 Å². The van der Waals surface area contributed by atoms with Gasteiger partial charge in [0, 0.05) is 17.7 Å². The van der Waals surface area contributed by atoms with E-state index in [-0.39, 0.29) is 22.9 Å². The number of Topliss-reactive ketones (excluding diaryl/α,β-unsaturated/α-hetero) is 2. The monoisotopic (exact) mass is 361 g/mol. The topological polar surface area (TPSA) is 71.5 Å². The molecule has 0 aliphatic carbocycles. The number of rotatable bonds is 5. The number of sulfonamides is 1. The number of aryl methyl sites for hydroxylation is 1. The molecule has 5 nitrogen and oxygen atoms in total. The molecule has 0 saturated heterocycles. The van der Waals surface area contributed by atoms with E-state index in [1.807, 2.05) is 6.92 Å². The van der Waals surface area contributed by atoms with Gasteiger partial charge in [0.1, 0.15) is 5.78 Å². The van der Waals surface area contributed by atoms with Crippen molar-refractivity contribution in [2.75, 3.05) is 0 Å². The second-order valence-electron chi connectivity index (χ2n) is 6.47. The number of allylic oxidation sites excluding steroid dienone is 3. The summed E-state index contributed by atoms with van der Waals surface area (Å²) in [6.07, 6.45) is 1.61. The Morgan fingerprint density at radius 3 is 2.08 bits per heavy atom. The molecule has 6 heteroatoms. The lowest BCUT2D eigenvalue weighted by atomic mass is 9.92. The van der Waals surface area contributed by atoms with Gasteiger partial charge in [0.15, 0.2) is 5.78 Å². The second-order valence-corrected chi connectivity index (χ2v) is 8.29. The Balaban J connectivity index is 2.61. The van der Waals surface area contributed by atoms with Crippen molar-refractivity contribution in [2.24, 2.45) is 0 Å². The van der Waals surface area contributed by atoms with Gasteiger partial charge in [0.25, 0.3) is 10.0 Å². The zero-order valence-corrected chi connectivity index (χ0v) is 16.0. The highest BCUT2D eigenvalue weighted by Gasteiger charge is 2.37. The summed E-state index contributed by atoms with van der Waals surface area (Å²) < 4.78 is 27.6. The van der Waals surface area contributed by atoms with Gasteiger partial charge in [-0.25, -0.2) is 8.42 Å². The number of ketones is 2. The van der Waals surface area contributed by atoms with Gasteiger partial charge in [-0.1, -0.05) is 17.7 Å². The summed E-state index contributed by atoms with van der Waals surface area (Å²) in [5.41, 5.74) is 2.46. The van der Waals surface area contributed by atoms with Crippen LogP contribution in [0.5, 0.6) is 0 Å². The van der Waals surface area contributed by atoms with Crippen LogP contribution in [0.2, 0.25) is 0 Å². The lowest BCUT2D eigenvalue weighted by Gasteiger charge is -2.37. The molecule has 134 valence electrons. The van der Waals surface area contributed by atoms with Crippen LogP contribution >= 0.6 is 0 Å². The predicted octanol–water partition coefficient (Wildman–Crippen LogP) is 3.16. The summed E-state index contributed by atoms with van der Waals surface area (Å²) >= 11 is 0. The molecule has 1 aliphatic heterocycles. The fraction of sp³-hybridized carbons (Fsp3) is 0.368. The number of hydrogen-bond acceptors (Lipinski definition) is 4. The molecule has 0 spiro atoms. The SMILES string of the molecule is CC(=O)C[C@@H]1C(C)=C(C(C)=O)C=C(C)N1S(=O)(=O)c1ccc(C)cc1. The van der Waals surface area contributed by atoms with E-state index in [0.29, 0.717) is 16.8 Å². The van der Waals surface area contributed by atoms with Gasteiger partial charge in [0.2, 0.25) is 0 Å². The first kappa shape index (κ1) is 19.1. The molecule has 25 heavy (non-hydrogen) atoms. The van der Waals surface area contributed by atoms with E-state index in [0.717, 1.165) is 5.56 Å². The Bertz CT molecular complexity index is 877. The number of carbonyl (C=O) groups is 2. The van der Waals surface area contributed by atoms with Crippen molar-refractivity contribution in [1.82, 2.24) is 4.31 Å². The molecule has 0 unspecified atom stereocenters. The van der Waals surface area contributed by atoms with Gasteiger partial charge in [-0.3, -0.25) is 13.9 Å². The van der Waals surface area contributed by atoms with Crippen LogP contribution in [0.3, 0.4) is 0 Å². The minimum absolute atomic E-state index is 0.0267. The molecule has 1 heterocycles. The van der Waals surface area contributed by atoms with Crippen molar-refractivity contribution in [2.45, 2.75) is 52.0 Å². The van der Waals surface area contributed by atoms with Crippen LogP contribution in [-0.4, -0.2) is 30.3 Å². The highest BCUT2D eigenvalue weighted by molar-refractivity contribution is 7.89. The van der Waals surface area contributed by atoms with E-state index in [1.165, 1.54) is 18.2 Å². The Morgan fingerprint density at radius 2 is 1.60 bits per heavy atom. The molecule has 1 aromatic rings. The van der Waals surface area contributed by atoms with Gasteiger partial charge >= 0.3 is 0 Å². The van der Waals surface area contributed by atoms with E-state index in [9.17, 15) is 18.0 Å². The van der Waals surface area contributed by atoms with Crippen LogP contribution in [0.4, 0.5) is 0 Å². The third-order valence-corrected chi connectivity index (χ3v) is 6.27. The quantitative estimate of drug-likeness (QED) is 0.808. The highest BCUT2D eigenvalue weighted by atomic mass is 32.2. The predicted molar refractivity (Wildman–Crippen MR) is 96.4 cm³/mol. The number of carbonyl (C=O) groups excluding carboxylic acids is 2. The fourth-order valence-corrected chi connectivity index (χ4v) is 4.76. The molecule has 0 amide bonds. The first-order valence-electron chi connectivity index (χ1n) is 8.06. The molecule has 0 saturated carbocycles. The summed E-state index contributed by atoms with van der Waals surface area (Å²) in [6.45, 7) is 8.11. The highest BCUT2D eigenvalue weighted by Crippen LogP contribution is 2.34. The minimum atomic E-state index is -3.84. The van der Waals surface area contributed by atoms with Gasteiger partial charge in [-0.2, -0.15) is 0 Å². The minimum Gasteiger partial charge on any atom is -0.300 e. The van der Waals surface area contributed by atoms with E-state index in [1.54, 1.807) is 44.2 Å². The molecule has 0 radical (unpaired) electrons. The molecular weight excluding hydrogens is 338 g/mol. The second kappa shape index (κ2) is 6.96. The van der Waals surface area contributed by atoms with Crippen molar-refractivity contribution in [3.63, 3.8) is 0 Å². The van der Waals surface area contributed by atoms with Gasteiger partial charge in [0.05, 0.1) is 10.9 Å². The lowest BCUT2D eigenvalue weighted by molar-refractivity contribution is -0.118. The number of hydrogen-bond donors (Lipinski definition) is 0. The third-order valence-electron chi connectivity index (χ3n) is 4.35. The average Bonchev–Trinajstić information content (AvgIpc) is 2.50. The van der Waals surface area contributed by atoms with Crippen molar-refractivity contribution in [3.8, 4) is 0 Å². The fourth-order valence-electron chi connectivity index (χ4n) is 3.06. The molecule has 1 aromatic carbocycles. The van der Waals surface area contributed by atoms with Crippen LogP contribution in [0.25, 0.3) is 0 Å². The standard InChI is InChI=1S/C19H23NO4S/c1-12-6-8-17(9-7-12)25(23,24)20-13(2)10-18(16(5)22)15(4)19(20)11-14(3)21/h6-10,19H,11H2,1-5H3/t19-/m1/s1. The van der Waals surface area contributed by atoms with Crippen LogP contribution in [0, 0.1) is 6.92 Å². The molecule has 2 rings (SSSR count). The zero-order valence-electron chi connectivity index (χ0n) is 15.2. The maximum atomic E-state index is 13.2. The normalized spacial score (nSPS) is 18.2. The Kier molecular flexibility index (Phi) is 5.32. The molecular formula is C19H23NO4S. The molecule has 1 atom stereocenters. The summed E-state index contributed by atoms with van der Waals surface area (Å²) in [4.78, 5) is 23.8. The Labute approximate surface area is 149 Å². The average molecular weight is 361 g/mol. The van der Waals surface area contributed by atoms with Crippen molar-refractivity contribution in [3.05, 3.63) is 52.7 Å². The molecule has 0 N–H and O–H groups in total. The summed E-state index contributed by atoms with van der Waals surface area (Å²) in [6, 6.07) is 5.90. The maximum Gasteiger partial charge on any atom is 0.264 e. The maximum absolute atomic E-state index is 13.2. The molecule has 0 bridgehead atoms. The first-order chi connectivity index (χ1) is 11.6. The molecule has 0 aromatic heterocycles. The molecule has 1 aliphatic rings. The zero-order chi connectivity index (χ0) is 18.9. The van der Waals surface area contributed by atoms with E-state index >= 15 is 0 Å². The summed E-state index contributed by atoms with van der Waals surface area (Å²) in [5.74, 6) is -0.274. The van der Waals surface area contributed by atoms with Gasteiger partial charge in [-0.15, -0.1) is 0 Å². The van der Waals surface area contributed by atoms with Crippen LogP contribution in [-0.2, 0) is 19.6 Å². The first-order valence-corrected chi connectivity index (χ1v) is 9.50.